The van der Waals surface area contributed by atoms with Crippen LogP contribution in [0.4, 0.5) is 0 Å². The van der Waals surface area contributed by atoms with Crippen molar-refractivity contribution in [1.29, 1.82) is 0 Å². The fourth-order valence-electron chi connectivity index (χ4n) is 2.09. The zero-order valence-electron chi connectivity index (χ0n) is 19.3. The standard InChI is InChI=1S/C20H40N4O4Si/c1-9-13-17(5)21-25-29(26-22-18(6)14-10-2,27-23-19(7)15-11-3)28-24-20(8)16-12-4/h13-16,21-24H,9-12H2,1-8H3. The first-order valence-electron chi connectivity index (χ1n) is 10.2. The van der Waals surface area contributed by atoms with Crippen LogP contribution < -0.4 is 21.9 Å². The second-order valence-electron chi connectivity index (χ2n) is 6.50. The Kier molecular flexibility index (Phi) is 15.1. The van der Waals surface area contributed by atoms with Crippen LogP contribution in [0, 0.1) is 0 Å². The molecule has 0 spiro atoms. The van der Waals surface area contributed by atoms with Gasteiger partial charge in [0.25, 0.3) is 0 Å². The Morgan fingerprint density at radius 1 is 0.517 bits per heavy atom. The topological polar surface area (TPSA) is 85.0 Å². The molecule has 4 N–H and O–H groups in total. The lowest BCUT2D eigenvalue weighted by atomic mass is 10.4. The highest BCUT2D eigenvalue weighted by Gasteiger charge is 2.52. The Labute approximate surface area is 177 Å². The van der Waals surface area contributed by atoms with Crippen molar-refractivity contribution in [1.82, 2.24) is 21.9 Å². The quantitative estimate of drug-likeness (QED) is 0.207. The zero-order valence-corrected chi connectivity index (χ0v) is 20.3. The van der Waals surface area contributed by atoms with Crippen molar-refractivity contribution in [2.24, 2.45) is 0 Å². The summed E-state index contributed by atoms with van der Waals surface area (Å²) in [4.78, 5) is 0. The van der Waals surface area contributed by atoms with E-state index < -0.39 is 9.05 Å². The first-order valence-corrected chi connectivity index (χ1v) is 11.9. The number of nitrogens with one attached hydrogen (secondary N) is 4. The number of hydroxylamine groups is 4. The first kappa shape index (κ1) is 27.2. The van der Waals surface area contributed by atoms with Crippen LogP contribution >= 0.6 is 0 Å². The molecule has 0 fully saturated rings. The third-order valence-corrected chi connectivity index (χ3v) is 4.80. The molecule has 0 saturated heterocycles. The minimum Gasteiger partial charge on any atom is -0.276 e. The van der Waals surface area contributed by atoms with Gasteiger partial charge < -0.3 is 0 Å². The summed E-state index contributed by atoms with van der Waals surface area (Å²) in [5.74, 6) is 0. The Balaban J connectivity index is 5.58. The van der Waals surface area contributed by atoms with Crippen molar-refractivity contribution >= 4 is 9.05 Å². The lowest BCUT2D eigenvalue weighted by Gasteiger charge is -2.28. The molecule has 0 bridgehead atoms. The molecule has 8 nitrogen and oxygen atoms in total. The minimum absolute atomic E-state index is 0.822. The van der Waals surface area contributed by atoms with Crippen LogP contribution in [0.15, 0.2) is 47.1 Å². The van der Waals surface area contributed by atoms with Crippen LogP contribution in [0.3, 0.4) is 0 Å². The van der Waals surface area contributed by atoms with Gasteiger partial charge in [0, 0.05) is 22.8 Å². The van der Waals surface area contributed by atoms with Gasteiger partial charge in [0.05, 0.1) is 0 Å². The smallest absolute Gasteiger partial charge is 0.276 e. The molecule has 0 amide bonds. The SMILES string of the molecule is CCC=C(C)NO[Si](ONC(C)=CCC)(ONC(C)=CCC)ONC(C)=CCC. The summed E-state index contributed by atoms with van der Waals surface area (Å²) in [6, 6.07) is 0. The average molecular weight is 429 g/mol. The maximum atomic E-state index is 5.81. The Bertz CT molecular complexity index is 475. The van der Waals surface area contributed by atoms with E-state index in [-0.39, 0.29) is 0 Å². The number of allylic oxidation sites excluding steroid dienone is 8. The number of rotatable bonds is 16. The highest BCUT2D eigenvalue weighted by Crippen LogP contribution is 2.11. The van der Waals surface area contributed by atoms with Gasteiger partial charge >= 0.3 is 9.05 Å². The van der Waals surface area contributed by atoms with Crippen molar-refractivity contribution in [3.05, 3.63) is 47.1 Å². The highest BCUT2D eigenvalue weighted by atomic mass is 28.4. The molecular formula is C20H40N4O4Si. The van der Waals surface area contributed by atoms with Crippen LogP contribution in [-0.4, -0.2) is 9.05 Å². The van der Waals surface area contributed by atoms with Crippen LogP contribution in [-0.2, 0) is 18.1 Å². The van der Waals surface area contributed by atoms with Gasteiger partial charge in [0.2, 0.25) is 0 Å². The normalized spacial score (nSPS) is 15.7. The summed E-state index contributed by atoms with van der Waals surface area (Å²) >= 11 is 0. The van der Waals surface area contributed by atoms with Gasteiger partial charge in [0.15, 0.2) is 0 Å². The number of hydrogen-bond acceptors (Lipinski definition) is 8. The van der Waals surface area contributed by atoms with Crippen molar-refractivity contribution in [2.45, 2.75) is 81.1 Å². The van der Waals surface area contributed by atoms with E-state index in [9.17, 15) is 0 Å². The van der Waals surface area contributed by atoms with Gasteiger partial charge in [-0.1, -0.05) is 52.0 Å². The Morgan fingerprint density at radius 2 is 0.724 bits per heavy atom. The first-order chi connectivity index (χ1) is 13.8. The summed E-state index contributed by atoms with van der Waals surface area (Å²) in [5.41, 5.74) is 14.7. The predicted octanol–water partition coefficient (Wildman–Crippen LogP) is 4.76. The molecule has 0 heterocycles. The molecule has 168 valence electrons. The van der Waals surface area contributed by atoms with Gasteiger partial charge in [-0.05, 0) is 53.4 Å². The van der Waals surface area contributed by atoms with E-state index in [1.165, 1.54) is 0 Å². The van der Waals surface area contributed by atoms with Gasteiger partial charge in [-0.15, -0.1) is 0 Å². The molecule has 0 unspecified atom stereocenters. The summed E-state index contributed by atoms with van der Waals surface area (Å²) in [5, 5.41) is 0. The van der Waals surface area contributed by atoms with Gasteiger partial charge in [-0.3, -0.25) is 21.9 Å². The van der Waals surface area contributed by atoms with E-state index in [0.29, 0.717) is 0 Å². The number of hydrogen-bond donors (Lipinski definition) is 4. The second kappa shape index (κ2) is 16.1. The Hall–Kier alpha value is -1.78. The summed E-state index contributed by atoms with van der Waals surface area (Å²) < 4.78 is 23.3. The maximum Gasteiger partial charge on any atom is 0.769 e. The molecule has 0 atom stereocenters. The molecule has 0 aliphatic heterocycles. The van der Waals surface area contributed by atoms with Gasteiger partial charge in [-0.25, -0.2) is 18.1 Å². The molecule has 0 aromatic rings. The predicted molar refractivity (Wildman–Crippen MR) is 119 cm³/mol. The maximum absolute atomic E-state index is 5.81. The van der Waals surface area contributed by atoms with Crippen LogP contribution in [0.25, 0.3) is 0 Å². The molecule has 0 aliphatic carbocycles. The van der Waals surface area contributed by atoms with Crippen LogP contribution in [0.2, 0.25) is 0 Å². The van der Waals surface area contributed by atoms with Crippen molar-refractivity contribution in [3.8, 4) is 0 Å². The molecule has 29 heavy (non-hydrogen) atoms. The molecule has 0 aliphatic rings. The summed E-state index contributed by atoms with van der Waals surface area (Å²) in [7, 11) is -3.77. The van der Waals surface area contributed by atoms with E-state index in [4.69, 9.17) is 18.1 Å². The largest absolute Gasteiger partial charge is 0.769 e. The van der Waals surface area contributed by atoms with Gasteiger partial charge in [-0.2, -0.15) is 0 Å². The monoisotopic (exact) mass is 428 g/mol. The average Bonchev–Trinajstić information content (AvgIpc) is 2.68. The van der Waals surface area contributed by atoms with E-state index >= 15 is 0 Å². The molecule has 0 radical (unpaired) electrons. The fourth-order valence-corrected chi connectivity index (χ4v) is 3.48. The molecule has 9 heteroatoms. The van der Waals surface area contributed by atoms with Crippen molar-refractivity contribution < 1.29 is 18.1 Å². The van der Waals surface area contributed by atoms with Gasteiger partial charge in [0.1, 0.15) is 0 Å². The third-order valence-electron chi connectivity index (χ3n) is 3.39. The Morgan fingerprint density at radius 3 is 0.897 bits per heavy atom. The lowest BCUT2D eigenvalue weighted by Crippen LogP contribution is -2.59. The van der Waals surface area contributed by atoms with E-state index in [1.54, 1.807) is 0 Å². The molecule has 0 saturated carbocycles. The molecule has 0 aromatic heterocycles. The minimum atomic E-state index is -3.77. The molecule has 0 rings (SSSR count). The van der Waals surface area contributed by atoms with Crippen LogP contribution in [0.1, 0.15) is 81.1 Å². The van der Waals surface area contributed by atoms with Crippen LogP contribution in [0.5, 0.6) is 0 Å². The van der Waals surface area contributed by atoms with Crippen molar-refractivity contribution in [2.75, 3.05) is 0 Å². The van der Waals surface area contributed by atoms with E-state index in [2.05, 4.69) is 21.9 Å². The fraction of sp³-hybridized carbons (Fsp3) is 0.600. The molecular weight excluding hydrogens is 388 g/mol. The zero-order chi connectivity index (χ0) is 22.1. The third kappa shape index (κ3) is 13.1. The van der Waals surface area contributed by atoms with E-state index in [1.807, 2.05) is 79.7 Å². The van der Waals surface area contributed by atoms with E-state index in [0.717, 1.165) is 48.5 Å². The summed E-state index contributed by atoms with van der Waals surface area (Å²) in [6.07, 6.45) is 11.4. The summed E-state index contributed by atoms with van der Waals surface area (Å²) in [6.45, 7) is 15.7. The molecule has 0 aromatic carbocycles. The highest BCUT2D eigenvalue weighted by molar-refractivity contribution is 6.53. The lowest BCUT2D eigenvalue weighted by molar-refractivity contribution is -0.107. The second-order valence-corrected chi connectivity index (χ2v) is 8.31. The van der Waals surface area contributed by atoms with Crippen molar-refractivity contribution in [3.63, 3.8) is 0 Å².